The zero-order valence-corrected chi connectivity index (χ0v) is 8.84. The van der Waals surface area contributed by atoms with Crippen LogP contribution in [0.5, 0.6) is 0 Å². The number of carboxylic acids is 1. The molecular weight excluding hydrogens is 216 g/mol. The molecular formula is C11H13F2NO2. The lowest BCUT2D eigenvalue weighted by molar-refractivity contribution is -0.136. The summed E-state index contributed by atoms with van der Waals surface area (Å²) in [6.45, 7) is 1.98. The highest BCUT2D eigenvalue weighted by molar-refractivity contribution is 5.66. The smallest absolute Gasteiger partial charge is 0.304 e. The van der Waals surface area contributed by atoms with Crippen LogP contribution >= 0.6 is 0 Å². The van der Waals surface area contributed by atoms with Crippen LogP contribution < -0.4 is 5.32 Å². The molecule has 5 heteroatoms. The highest BCUT2D eigenvalue weighted by Crippen LogP contribution is 2.15. The largest absolute Gasteiger partial charge is 0.481 e. The summed E-state index contributed by atoms with van der Waals surface area (Å²) in [5.41, 5.74) is 0.461. The first kappa shape index (κ1) is 12.6. The van der Waals surface area contributed by atoms with Crippen molar-refractivity contribution in [3.05, 3.63) is 35.4 Å². The topological polar surface area (TPSA) is 49.3 Å². The van der Waals surface area contributed by atoms with E-state index in [2.05, 4.69) is 5.32 Å². The summed E-state index contributed by atoms with van der Waals surface area (Å²) in [7, 11) is 0. The van der Waals surface area contributed by atoms with E-state index in [0.29, 0.717) is 5.56 Å². The van der Waals surface area contributed by atoms with Crippen molar-refractivity contribution < 1.29 is 18.7 Å². The molecule has 0 aliphatic carbocycles. The first-order valence-electron chi connectivity index (χ1n) is 4.90. The first-order valence-corrected chi connectivity index (χ1v) is 4.90. The average molecular weight is 229 g/mol. The standard InChI is InChI=1S/C11H13F2NO2/c1-7(14-3-2-11(15)16)8-4-9(12)6-10(13)5-8/h4-7,14H,2-3H2,1H3,(H,15,16). The van der Waals surface area contributed by atoms with Gasteiger partial charge in [-0.1, -0.05) is 0 Å². The average Bonchev–Trinajstić information content (AvgIpc) is 2.15. The molecule has 0 aromatic heterocycles. The fourth-order valence-electron chi connectivity index (χ4n) is 1.34. The van der Waals surface area contributed by atoms with E-state index >= 15 is 0 Å². The van der Waals surface area contributed by atoms with Gasteiger partial charge in [-0.05, 0) is 24.6 Å². The van der Waals surface area contributed by atoms with Crippen LogP contribution in [0.1, 0.15) is 24.9 Å². The van der Waals surface area contributed by atoms with Gasteiger partial charge in [-0.2, -0.15) is 0 Å². The minimum atomic E-state index is -0.912. The number of hydrogen-bond acceptors (Lipinski definition) is 2. The van der Waals surface area contributed by atoms with E-state index in [1.54, 1.807) is 6.92 Å². The Labute approximate surface area is 92.1 Å². The normalized spacial score (nSPS) is 12.4. The van der Waals surface area contributed by atoms with Crippen LogP contribution in [0, 0.1) is 11.6 Å². The molecule has 0 radical (unpaired) electrons. The molecule has 3 nitrogen and oxygen atoms in total. The van der Waals surface area contributed by atoms with E-state index < -0.39 is 17.6 Å². The molecule has 0 heterocycles. The van der Waals surface area contributed by atoms with E-state index in [1.807, 2.05) is 0 Å². The molecule has 1 aromatic carbocycles. The molecule has 1 atom stereocenters. The van der Waals surface area contributed by atoms with Gasteiger partial charge in [0.25, 0.3) is 0 Å². The van der Waals surface area contributed by atoms with Crippen molar-refractivity contribution in [2.45, 2.75) is 19.4 Å². The zero-order chi connectivity index (χ0) is 12.1. The minimum absolute atomic E-state index is 0.0257. The molecule has 1 unspecified atom stereocenters. The third-order valence-electron chi connectivity index (χ3n) is 2.17. The van der Waals surface area contributed by atoms with E-state index in [-0.39, 0.29) is 19.0 Å². The molecule has 16 heavy (non-hydrogen) atoms. The fourth-order valence-corrected chi connectivity index (χ4v) is 1.34. The molecule has 0 bridgehead atoms. The lowest BCUT2D eigenvalue weighted by Crippen LogP contribution is -2.22. The molecule has 0 aliphatic heterocycles. The molecule has 2 N–H and O–H groups in total. The summed E-state index contributed by atoms with van der Waals surface area (Å²) in [4.78, 5) is 10.3. The Morgan fingerprint density at radius 2 is 1.94 bits per heavy atom. The van der Waals surface area contributed by atoms with Gasteiger partial charge in [0.1, 0.15) is 11.6 Å². The van der Waals surface area contributed by atoms with Crippen LogP contribution in [0.4, 0.5) is 8.78 Å². The number of benzene rings is 1. The number of aliphatic carboxylic acids is 1. The van der Waals surface area contributed by atoms with Gasteiger partial charge in [0.2, 0.25) is 0 Å². The van der Waals surface area contributed by atoms with Crippen molar-refractivity contribution in [3.8, 4) is 0 Å². The lowest BCUT2D eigenvalue weighted by Gasteiger charge is -2.13. The predicted molar refractivity (Wildman–Crippen MR) is 55.0 cm³/mol. The molecule has 0 amide bonds. The number of hydrogen-bond donors (Lipinski definition) is 2. The lowest BCUT2D eigenvalue weighted by atomic mass is 10.1. The van der Waals surface area contributed by atoms with Crippen LogP contribution in [0.25, 0.3) is 0 Å². The van der Waals surface area contributed by atoms with Gasteiger partial charge in [-0.3, -0.25) is 4.79 Å². The Bertz CT molecular complexity index is 362. The Kier molecular flexibility index (Phi) is 4.37. The van der Waals surface area contributed by atoms with Crippen LogP contribution in [-0.4, -0.2) is 17.6 Å². The van der Waals surface area contributed by atoms with Crippen molar-refractivity contribution >= 4 is 5.97 Å². The Hall–Kier alpha value is -1.49. The van der Waals surface area contributed by atoms with Crippen molar-refractivity contribution in [1.82, 2.24) is 5.32 Å². The first-order chi connectivity index (χ1) is 7.49. The summed E-state index contributed by atoms with van der Waals surface area (Å²) in [5, 5.41) is 11.3. The molecule has 0 aliphatic rings. The van der Waals surface area contributed by atoms with Crippen LogP contribution in [0.15, 0.2) is 18.2 Å². The van der Waals surface area contributed by atoms with Gasteiger partial charge < -0.3 is 10.4 Å². The number of rotatable bonds is 5. The fraction of sp³-hybridized carbons (Fsp3) is 0.364. The van der Waals surface area contributed by atoms with Gasteiger partial charge >= 0.3 is 5.97 Å². The van der Waals surface area contributed by atoms with Gasteiger partial charge in [-0.25, -0.2) is 8.78 Å². The van der Waals surface area contributed by atoms with E-state index in [4.69, 9.17) is 5.11 Å². The predicted octanol–water partition coefficient (Wildman–Crippen LogP) is 2.09. The summed E-state index contributed by atoms with van der Waals surface area (Å²) < 4.78 is 25.8. The molecule has 1 rings (SSSR count). The van der Waals surface area contributed by atoms with Crippen molar-refractivity contribution in [1.29, 1.82) is 0 Å². The highest BCUT2D eigenvalue weighted by Gasteiger charge is 2.08. The number of carbonyl (C=O) groups is 1. The Balaban J connectivity index is 2.58. The van der Waals surface area contributed by atoms with Crippen molar-refractivity contribution in [3.63, 3.8) is 0 Å². The van der Waals surface area contributed by atoms with Gasteiger partial charge in [0.15, 0.2) is 0 Å². The van der Waals surface area contributed by atoms with E-state index in [0.717, 1.165) is 6.07 Å². The molecule has 0 fully saturated rings. The third-order valence-corrected chi connectivity index (χ3v) is 2.17. The Morgan fingerprint density at radius 3 is 2.44 bits per heavy atom. The van der Waals surface area contributed by atoms with Gasteiger partial charge in [0.05, 0.1) is 6.42 Å². The molecule has 1 aromatic rings. The zero-order valence-electron chi connectivity index (χ0n) is 8.84. The Morgan fingerprint density at radius 1 is 1.38 bits per heavy atom. The van der Waals surface area contributed by atoms with Gasteiger partial charge in [-0.15, -0.1) is 0 Å². The molecule has 0 spiro atoms. The SMILES string of the molecule is CC(NCCC(=O)O)c1cc(F)cc(F)c1. The number of halogens is 2. The maximum absolute atomic E-state index is 12.9. The summed E-state index contributed by atoms with van der Waals surface area (Å²) in [6.07, 6.45) is -0.0257. The number of nitrogens with one attached hydrogen (secondary N) is 1. The summed E-state index contributed by atoms with van der Waals surface area (Å²) in [6, 6.07) is 2.96. The monoisotopic (exact) mass is 229 g/mol. The van der Waals surface area contributed by atoms with Crippen LogP contribution in [-0.2, 0) is 4.79 Å². The van der Waals surface area contributed by atoms with E-state index in [1.165, 1.54) is 12.1 Å². The number of carboxylic acid groups (broad SMARTS) is 1. The van der Waals surface area contributed by atoms with E-state index in [9.17, 15) is 13.6 Å². The second-order valence-corrected chi connectivity index (χ2v) is 3.52. The second kappa shape index (κ2) is 5.55. The highest BCUT2D eigenvalue weighted by atomic mass is 19.1. The van der Waals surface area contributed by atoms with Crippen LogP contribution in [0.3, 0.4) is 0 Å². The maximum Gasteiger partial charge on any atom is 0.304 e. The maximum atomic E-state index is 12.9. The second-order valence-electron chi connectivity index (χ2n) is 3.52. The molecule has 0 saturated carbocycles. The van der Waals surface area contributed by atoms with Gasteiger partial charge in [0, 0.05) is 18.7 Å². The summed E-state index contributed by atoms with van der Waals surface area (Å²) >= 11 is 0. The summed E-state index contributed by atoms with van der Waals surface area (Å²) in [5.74, 6) is -2.19. The van der Waals surface area contributed by atoms with Crippen LogP contribution in [0.2, 0.25) is 0 Å². The van der Waals surface area contributed by atoms with Crippen molar-refractivity contribution in [2.24, 2.45) is 0 Å². The molecule has 0 saturated heterocycles. The third kappa shape index (κ3) is 3.94. The molecule has 88 valence electrons. The van der Waals surface area contributed by atoms with Crippen molar-refractivity contribution in [2.75, 3.05) is 6.54 Å². The minimum Gasteiger partial charge on any atom is -0.481 e. The quantitative estimate of drug-likeness (QED) is 0.812.